The van der Waals surface area contributed by atoms with E-state index in [2.05, 4.69) is 12.2 Å². The normalized spacial score (nSPS) is 23.3. The van der Waals surface area contributed by atoms with Crippen LogP contribution in [0.5, 0.6) is 0 Å². The van der Waals surface area contributed by atoms with Crippen LogP contribution in [0.25, 0.3) is 17.4 Å². The second kappa shape index (κ2) is 10.2. The van der Waals surface area contributed by atoms with Gasteiger partial charge in [-0.1, -0.05) is 55.8 Å². The summed E-state index contributed by atoms with van der Waals surface area (Å²) in [5.41, 5.74) is 2.33. The number of carbonyl (C=O) groups is 1. The molecule has 1 aliphatic heterocycles. The number of thioether (sulfide) groups is 1. The molecule has 7 nitrogen and oxygen atoms in total. The monoisotopic (exact) mass is 503 g/mol. The number of nitro groups is 1. The minimum atomic E-state index is -0.413. The maximum Gasteiger partial charge on any atom is 0.270 e. The summed E-state index contributed by atoms with van der Waals surface area (Å²) in [6.07, 6.45) is 6.25. The lowest BCUT2D eigenvalue weighted by Gasteiger charge is -2.39. The van der Waals surface area contributed by atoms with E-state index in [-0.39, 0.29) is 23.1 Å². The molecule has 1 aromatic heterocycles. The maximum atomic E-state index is 13.7. The van der Waals surface area contributed by atoms with Gasteiger partial charge >= 0.3 is 0 Å². The number of non-ortho nitro benzene ring substituents is 1. The van der Waals surface area contributed by atoms with Crippen LogP contribution in [-0.2, 0) is 4.79 Å². The number of aryl methyl sites for hydroxylation is 1. The van der Waals surface area contributed by atoms with Crippen LogP contribution in [0.4, 0.5) is 11.4 Å². The molecule has 0 radical (unpaired) electrons. The number of para-hydroxylation sites is 1. The third-order valence-electron chi connectivity index (χ3n) is 7.02. The number of rotatable bonds is 6. The number of nitrogens with zero attached hydrogens (tertiary/aromatic N) is 2. The Balaban J connectivity index is 1.44. The summed E-state index contributed by atoms with van der Waals surface area (Å²) in [5, 5.41) is 14.8. The molecule has 5 rings (SSSR count). The summed E-state index contributed by atoms with van der Waals surface area (Å²) in [4.78, 5) is 27.1. The number of nitrogens with one attached hydrogen (secondary N) is 1. The average molecular weight is 504 g/mol. The Bertz CT molecular complexity index is 1300. The summed E-state index contributed by atoms with van der Waals surface area (Å²) in [6, 6.07) is 18.5. The number of nitro benzene ring substituents is 1. The number of anilines is 1. The highest BCUT2D eigenvalue weighted by molar-refractivity contribution is 8.05. The van der Waals surface area contributed by atoms with Crippen LogP contribution in [0.2, 0.25) is 0 Å². The maximum absolute atomic E-state index is 13.7. The Morgan fingerprint density at radius 2 is 1.89 bits per heavy atom. The molecular formula is C28H29N3O4S. The van der Waals surface area contributed by atoms with E-state index < -0.39 is 4.92 Å². The Hall–Kier alpha value is -3.52. The molecular weight excluding hydrogens is 474 g/mol. The molecule has 2 heterocycles. The van der Waals surface area contributed by atoms with Gasteiger partial charge in [0, 0.05) is 35.5 Å². The highest BCUT2D eigenvalue weighted by Gasteiger charge is 2.43. The first-order valence-electron chi connectivity index (χ1n) is 12.3. The zero-order valence-corrected chi connectivity index (χ0v) is 21.2. The fraction of sp³-hybridized carbons (Fsp3) is 0.321. The summed E-state index contributed by atoms with van der Waals surface area (Å²) >= 11 is 1.50. The van der Waals surface area contributed by atoms with Gasteiger partial charge in [0.15, 0.2) is 5.50 Å². The molecule has 1 saturated carbocycles. The molecule has 1 aliphatic carbocycles. The van der Waals surface area contributed by atoms with Crippen molar-refractivity contribution >= 4 is 35.1 Å². The molecule has 1 N–H and O–H groups in total. The van der Waals surface area contributed by atoms with Crippen molar-refractivity contribution in [3.05, 3.63) is 87.0 Å². The van der Waals surface area contributed by atoms with Crippen LogP contribution < -0.4 is 5.32 Å². The largest absolute Gasteiger partial charge is 0.457 e. The van der Waals surface area contributed by atoms with E-state index in [4.69, 9.17) is 4.42 Å². The van der Waals surface area contributed by atoms with Crippen molar-refractivity contribution in [3.63, 3.8) is 0 Å². The van der Waals surface area contributed by atoms with Gasteiger partial charge < -0.3 is 14.6 Å². The van der Waals surface area contributed by atoms with Gasteiger partial charge in [-0.3, -0.25) is 14.9 Å². The molecule has 8 heteroatoms. The highest BCUT2D eigenvalue weighted by atomic mass is 32.2. The second-order valence-electron chi connectivity index (χ2n) is 9.49. The number of amides is 1. The van der Waals surface area contributed by atoms with Gasteiger partial charge in [0.2, 0.25) is 0 Å². The number of hydrogen-bond acceptors (Lipinski definition) is 6. The summed E-state index contributed by atoms with van der Waals surface area (Å²) in [7, 11) is 0. The van der Waals surface area contributed by atoms with E-state index in [1.54, 1.807) is 24.3 Å². The molecule has 36 heavy (non-hydrogen) atoms. The van der Waals surface area contributed by atoms with E-state index in [1.165, 1.54) is 30.3 Å². The van der Waals surface area contributed by atoms with Crippen molar-refractivity contribution in [3.8, 4) is 11.3 Å². The van der Waals surface area contributed by atoms with Crippen LogP contribution in [-0.4, -0.2) is 27.3 Å². The average Bonchev–Trinajstić information content (AvgIpc) is 3.45. The number of carbonyl (C=O) groups excluding carboxylic acids is 1. The zero-order valence-electron chi connectivity index (χ0n) is 20.3. The summed E-state index contributed by atoms with van der Waals surface area (Å²) < 4.78 is 6.05. The van der Waals surface area contributed by atoms with Gasteiger partial charge in [-0.2, -0.15) is 0 Å². The van der Waals surface area contributed by atoms with Crippen molar-refractivity contribution in [2.45, 2.75) is 51.1 Å². The first-order chi connectivity index (χ1) is 17.4. The lowest BCUT2D eigenvalue weighted by molar-refractivity contribution is -0.384. The minimum Gasteiger partial charge on any atom is -0.457 e. The van der Waals surface area contributed by atoms with Gasteiger partial charge in [-0.15, -0.1) is 0 Å². The van der Waals surface area contributed by atoms with Crippen molar-refractivity contribution in [2.24, 2.45) is 5.92 Å². The summed E-state index contributed by atoms with van der Waals surface area (Å²) in [5.74, 6) is 1.53. The van der Waals surface area contributed by atoms with Crippen LogP contribution in [0.3, 0.4) is 0 Å². The van der Waals surface area contributed by atoms with Crippen molar-refractivity contribution in [1.82, 2.24) is 4.90 Å². The van der Waals surface area contributed by atoms with Crippen LogP contribution in [0, 0.1) is 23.0 Å². The quantitative estimate of drug-likeness (QED) is 0.220. The van der Waals surface area contributed by atoms with E-state index in [0.717, 1.165) is 30.5 Å². The van der Waals surface area contributed by atoms with Crippen molar-refractivity contribution in [1.29, 1.82) is 0 Å². The number of furan rings is 1. The third kappa shape index (κ3) is 4.91. The smallest absolute Gasteiger partial charge is 0.270 e. The lowest BCUT2D eigenvalue weighted by atomic mass is 9.85. The first kappa shape index (κ1) is 24.2. The molecule has 1 saturated heterocycles. The predicted octanol–water partition coefficient (Wildman–Crippen LogP) is 7.05. The molecule has 0 bridgehead atoms. The molecule has 2 fully saturated rings. The topological polar surface area (TPSA) is 88.6 Å². The SMILES string of the molecule is Cc1ccc([N+](=O)[O-])cc1-c1ccc(/C=C2\SC(Nc3ccccc3)N([C@H]3CCCC[C@@H]3C)C2=O)o1. The van der Waals surface area contributed by atoms with E-state index in [9.17, 15) is 14.9 Å². The van der Waals surface area contributed by atoms with Crippen LogP contribution >= 0.6 is 11.8 Å². The van der Waals surface area contributed by atoms with Gasteiger partial charge in [0.05, 0.1) is 9.83 Å². The van der Waals surface area contributed by atoms with Crippen molar-refractivity contribution in [2.75, 3.05) is 5.32 Å². The van der Waals surface area contributed by atoms with Crippen LogP contribution in [0.1, 0.15) is 43.9 Å². The standard InChI is InChI=1S/C28H29N3O4S/c1-18-12-13-21(31(33)34)16-23(18)25-15-14-22(35-25)17-26-27(32)30(24-11-7-6-8-19(24)2)28(36-26)29-20-9-4-3-5-10-20/h3-5,9-10,12-17,19,24,28-29H,6-8,11H2,1-2H3/b26-17-/t19-,24-,28?/m0/s1. The first-order valence-corrected chi connectivity index (χ1v) is 13.2. The highest BCUT2D eigenvalue weighted by Crippen LogP contribution is 2.42. The molecule has 1 amide bonds. The fourth-order valence-electron chi connectivity index (χ4n) is 5.06. The Labute approximate surface area is 214 Å². The van der Waals surface area contributed by atoms with Gasteiger partial charge in [-0.25, -0.2) is 0 Å². The molecule has 2 aliphatic rings. The minimum absolute atomic E-state index is 0.0108. The summed E-state index contributed by atoms with van der Waals surface area (Å²) in [6.45, 7) is 4.13. The van der Waals surface area contributed by atoms with Gasteiger partial charge in [0.1, 0.15) is 11.5 Å². The fourth-order valence-corrected chi connectivity index (χ4v) is 6.25. The Morgan fingerprint density at radius 1 is 1.11 bits per heavy atom. The van der Waals surface area contributed by atoms with Crippen LogP contribution in [0.15, 0.2) is 70.0 Å². The second-order valence-corrected chi connectivity index (χ2v) is 10.6. The van der Waals surface area contributed by atoms with Gasteiger partial charge in [-0.05, 0) is 55.5 Å². The van der Waals surface area contributed by atoms with E-state index >= 15 is 0 Å². The Morgan fingerprint density at radius 3 is 2.64 bits per heavy atom. The molecule has 0 spiro atoms. The van der Waals surface area contributed by atoms with Crippen molar-refractivity contribution < 1.29 is 14.1 Å². The number of hydrogen-bond donors (Lipinski definition) is 1. The molecule has 2 aromatic carbocycles. The van der Waals surface area contributed by atoms with E-state index in [1.807, 2.05) is 42.2 Å². The predicted molar refractivity (Wildman–Crippen MR) is 143 cm³/mol. The lowest BCUT2D eigenvalue weighted by Crippen LogP contribution is -2.48. The number of benzene rings is 2. The molecule has 3 atom stereocenters. The Kier molecular flexibility index (Phi) is 6.87. The molecule has 3 aromatic rings. The molecule has 1 unspecified atom stereocenters. The van der Waals surface area contributed by atoms with Gasteiger partial charge in [0.25, 0.3) is 11.6 Å². The molecule has 186 valence electrons. The van der Waals surface area contributed by atoms with E-state index in [0.29, 0.717) is 27.9 Å². The zero-order chi connectivity index (χ0) is 25.2. The third-order valence-corrected chi connectivity index (χ3v) is 8.14.